The maximum atomic E-state index is 5.40. The van der Waals surface area contributed by atoms with Crippen LogP contribution < -0.4 is 15.9 Å². The quantitative estimate of drug-likeness (QED) is 0.596. The summed E-state index contributed by atoms with van der Waals surface area (Å²) in [4.78, 5) is 0. The van der Waals surface area contributed by atoms with Crippen molar-refractivity contribution in [2.75, 3.05) is 7.11 Å². The van der Waals surface area contributed by atoms with Gasteiger partial charge < -0.3 is 4.74 Å². The van der Waals surface area contributed by atoms with E-state index in [9.17, 15) is 0 Å². The van der Waals surface area contributed by atoms with Gasteiger partial charge in [0.15, 0.2) is 0 Å². The molecule has 0 spiro atoms. The minimum Gasteiger partial charge on any atom is -0.380 e. The second-order valence-electron chi connectivity index (χ2n) is 5.07. The highest BCUT2D eigenvalue weighted by Gasteiger charge is 2.18. The van der Waals surface area contributed by atoms with Crippen LogP contribution in [0.3, 0.4) is 0 Å². The molecule has 0 unspecified atom stereocenters. The highest BCUT2D eigenvalue weighted by molar-refractivity contribution is 7.79. The van der Waals surface area contributed by atoms with Crippen molar-refractivity contribution in [3.8, 4) is 0 Å². The molecule has 126 valence electrons. The van der Waals surface area contributed by atoms with Crippen LogP contribution in [0.15, 0.2) is 84.9 Å². The van der Waals surface area contributed by atoms with Crippen molar-refractivity contribution in [3.63, 3.8) is 0 Å². The zero-order valence-corrected chi connectivity index (χ0v) is 16.0. The smallest absolute Gasteiger partial charge is 0.0719 e. The second kappa shape index (κ2) is 10.5. The van der Waals surface area contributed by atoms with Gasteiger partial charge in [-0.15, -0.1) is 24.8 Å². The molecular weight excluding hydrogens is 358 g/mol. The third kappa shape index (κ3) is 4.82. The van der Waals surface area contributed by atoms with Crippen molar-refractivity contribution in [3.05, 3.63) is 90.5 Å². The van der Waals surface area contributed by atoms with E-state index >= 15 is 0 Å². The van der Waals surface area contributed by atoms with E-state index in [1.165, 1.54) is 21.5 Å². The lowest BCUT2D eigenvalue weighted by atomic mass is 10.2. The predicted molar refractivity (Wildman–Crippen MR) is 110 cm³/mol. The van der Waals surface area contributed by atoms with Crippen LogP contribution >= 0.6 is 32.7 Å². The topological polar surface area (TPSA) is 9.23 Å². The lowest BCUT2D eigenvalue weighted by Crippen LogP contribution is -2.23. The van der Waals surface area contributed by atoms with Gasteiger partial charge in [0.1, 0.15) is 0 Å². The minimum absolute atomic E-state index is 0. The molecule has 0 aliphatic carbocycles. The van der Waals surface area contributed by atoms with Crippen LogP contribution in [0.4, 0.5) is 0 Å². The molecule has 0 radical (unpaired) electrons. The maximum absolute atomic E-state index is 5.40. The number of rotatable bonds is 5. The van der Waals surface area contributed by atoms with Crippen LogP contribution in [0, 0.1) is 0 Å². The molecule has 0 aromatic heterocycles. The third-order valence-electron chi connectivity index (χ3n) is 3.56. The summed E-state index contributed by atoms with van der Waals surface area (Å²) in [5.41, 5.74) is 1.27. The average Bonchev–Trinajstić information content (AvgIpc) is 2.59. The molecular formula is C20H21Cl2OP. The fourth-order valence-corrected chi connectivity index (χ4v) is 5.04. The Balaban J connectivity index is 0.00000144. The molecule has 0 aliphatic heterocycles. The number of ether oxygens (including phenoxy) is 1. The minimum atomic E-state index is -0.558. The van der Waals surface area contributed by atoms with E-state index in [0.29, 0.717) is 6.61 Å². The molecule has 0 N–H and O–H groups in total. The fourth-order valence-electron chi connectivity index (χ4n) is 2.59. The van der Waals surface area contributed by atoms with Crippen LogP contribution in [0.2, 0.25) is 0 Å². The first-order chi connectivity index (χ1) is 10.9. The molecule has 3 rings (SSSR count). The van der Waals surface area contributed by atoms with Gasteiger partial charge in [0, 0.05) is 7.11 Å². The van der Waals surface area contributed by atoms with Gasteiger partial charge >= 0.3 is 0 Å². The average molecular weight is 379 g/mol. The summed E-state index contributed by atoms with van der Waals surface area (Å²) in [5.74, 6) is 0. The summed E-state index contributed by atoms with van der Waals surface area (Å²) in [6.07, 6.45) is 0. The summed E-state index contributed by atoms with van der Waals surface area (Å²) in [6, 6.07) is 30.1. The van der Waals surface area contributed by atoms with Gasteiger partial charge in [0.2, 0.25) is 0 Å². The fraction of sp³-hybridized carbons (Fsp3) is 0.100. The summed E-state index contributed by atoms with van der Waals surface area (Å²) < 4.78 is 5.40. The van der Waals surface area contributed by atoms with E-state index in [-0.39, 0.29) is 24.8 Å². The predicted octanol–water partition coefficient (Wildman–Crippen LogP) is 4.43. The lowest BCUT2D eigenvalue weighted by molar-refractivity contribution is 0.185. The molecule has 0 aliphatic rings. The molecule has 0 bridgehead atoms. The number of hydrogen-bond donors (Lipinski definition) is 0. The van der Waals surface area contributed by atoms with Crippen molar-refractivity contribution in [1.82, 2.24) is 0 Å². The standard InChI is InChI=1S/C20H19OP.2ClH/c1-21-16-17-10-8-9-15-20(17)22(18-11-4-2-5-12-18)19-13-6-3-7-14-19;;/h2-15H,16H2,1H3;2*1H. The van der Waals surface area contributed by atoms with Crippen molar-refractivity contribution < 1.29 is 4.74 Å². The first-order valence-electron chi connectivity index (χ1n) is 7.37. The van der Waals surface area contributed by atoms with Gasteiger partial charge in [0.25, 0.3) is 0 Å². The van der Waals surface area contributed by atoms with E-state index in [1.807, 2.05) is 0 Å². The summed E-state index contributed by atoms with van der Waals surface area (Å²) in [7, 11) is 1.20. The first kappa shape index (κ1) is 20.7. The Hall–Kier alpha value is -1.37. The van der Waals surface area contributed by atoms with E-state index < -0.39 is 7.92 Å². The first-order valence-corrected chi connectivity index (χ1v) is 8.71. The van der Waals surface area contributed by atoms with E-state index in [2.05, 4.69) is 84.9 Å². The molecule has 0 amide bonds. The van der Waals surface area contributed by atoms with Crippen LogP contribution in [0.5, 0.6) is 0 Å². The number of halogens is 2. The van der Waals surface area contributed by atoms with Gasteiger partial charge in [-0.05, 0) is 29.4 Å². The summed E-state index contributed by atoms with van der Waals surface area (Å²) in [6.45, 7) is 0.647. The number of hydrogen-bond acceptors (Lipinski definition) is 1. The number of methoxy groups -OCH3 is 1. The van der Waals surface area contributed by atoms with Gasteiger partial charge in [-0.25, -0.2) is 0 Å². The van der Waals surface area contributed by atoms with Crippen molar-refractivity contribution in [1.29, 1.82) is 0 Å². The van der Waals surface area contributed by atoms with Crippen molar-refractivity contribution in [2.24, 2.45) is 0 Å². The van der Waals surface area contributed by atoms with Gasteiger partial charge in [-0.3, -0.25) is 0 Å². The Morgan fingerprint density at radius 2 is 1.12 bits per heavy atom. The normalized spacial score (nSPS) is 9.92. The van der Waals surface area contributed by atoms with Crippen molar-refractivity contribution in [2.45, 2.75) is 6.61 Å². The summed E-state index contributed by atoms with van der Waals surface area (Å²) in [5, 5.41) is 4.11. The van der Waals surface area contributed by atoms with Crippen molar-refractivity contribution >= 4 is 48.6 Å². The van der Waals surface area contributed by atoms with E-state index in [0.717, 1.165) is 0 Å². The SMILES string of the molecule is COCc1ccccc1P(c1ccccc1)c1ccccc1.Cl.Cl. The molecule has 1 nitrogen and oxygen atoms in total. The molecule has 3 aromatic carbocycles. The Labute approximate surface area is 157 Å². The molecule has 4 heteroatoms. The monoisotopic (exact) mass is 378 g/mol. The largest absolute Gasteiger partial charge is 0.380 e. The molecule has 0 fully saturated rings. The van der Waals surface area contributed by atoms with Gasteiger partial charge in [-0.2, -0.15) is 0 Å². The maximum Gasteiger partial charge on any atom is 0.0719 e. The molecule has 3 aromatic rings. The molecule has 0 heterocycles. The third-order valence-corrected chi connectivity index (χ3v) is 6.11. The van der Waals surface area contributed by atoms with Crippen LogP contribution in [-0.4, -0.2) is 7.11 Å². The molecule has 0 saturated heterocycles. The highest BCUT2D eigenvalue weighted by Crippen LogP contribution is 2.34. The Morgan fingerprint density at radius 3 is 1.62 bits per heavy atom. The van der Waals surface area contributed by atoms with Gasteiger partial charge in [-0.1, -0.05) is 84.9 Å². The summed E-state index contributed by atoms with van der Waals surface area (Å²) >= 11 is 0. The van der Waals surface area contributed by atoms with Crippen LogP contribution in [-0.2, 0) is 11.3 Å². The number of benzene rings is 3. The molecule has 0 saturated carbocycles. The van der Waals surface area contributed by atoms with Crippen LogP contribution in [0.25, 0.3) is 0 Å². The Morgan fingerprint density at radius 1 is 0.667 bits per heavy atom. The zero-order valence-electron chi connectivity index (χ0n) is 13.5. The van der Waals surface area contributed by atoms with Gasteiger partial charge in [0.05, 0.1) is 6.61 Å². The molecule has 24 heavy (non-hydrogen) atoms. The molecule has 0 atom stereocenters. The Bertz CT molecular complexity index is 680. The lowest BCUT2D eigenvalue weighted by Gasteiger charge is -2.22. The van der Waals surface area contributed by atoms with Crippen LogP contribution in [0.1, 0.15) is 5.56 Å². The van der Waals surface area contributed by atoms with E-state index in [1.54, 1.807) is 7.11 Å². The van der Waals surface area contributed by atoms with E-state index in [4.69, 9.17) is 4.74 Å². The Kier molecular flexibility index (Phi) is 9.03. The zero-order chi connectivity index (χ0) is 15.2. The highest BCUT2D eigenvalue weighted by atomic mass is 35.5. The second-order valence-corrected chi connectivity index (χ2v) is 7.25.